The fourth-order valence-electron chi connectivity index (χ4n) is 21.0. The van der Waals surface area contributed by atoms with Crippen molar-refractivity contribution in [2.45, 2.75) is 10.8 Å². The molecule has 22 aromatic rings. The predicted molar refractivity (Wildman–Crippen MR) is 545 cm³/mol. The van der Waals surface area contributed by atoms with Crippen LogP contribution in [0.25, 0.3) is 189 Å². The summed E-state index contributed by atoms with van der Waals surface area (Å²) in [5, 5.41) is 0. The zero-order valence-electron chi connectivity index (χ0n) is 72.9. The third kappa shape index (κ3) is 14.1. The number of hydrogen-bond acceptors (Lipinski definition) is 8. The summed E-state index contributed by atoms with van der Waals surface area (Å²) >= 11 is 0. The average molecular weight is 1710 g/mol. The van der Waals surface area contributed by atoms with Crippen molar-refractivity contribution < 1.29 is 0 Å². The number of hydrogen-bond donors (Lipinski definition) is 0. The van der Waals surface area contributed by atoms with Crippen LogP contribution in [-0.4, -0.2) is 39.9 Å². The highest BCUT2D eigenvalue weighted by atomic mass is 14.7. The summed E-state index contributed by atoms with van der Waals surface area (Å²) < 4.78 is 0. The normalized spacial score (nSPS) is 12.4. The molecule has 25 rings (SSSR count). The average Bonchev–Trinajstić information content (AvgIpc) is 1.51. The van der Waals surface area contributed by atoms with E-state index in [0.29, 0.717) is 0 Å². The van der Waals surface area contributed by atoms with E-state index < -0.39 is 10.8 Å². The number of rotatable bonds is 16. The van der Waals surface area contributed by atoms with Gasteiger partial charge in [0.05, 0.1) is 10.8 Å². The van der Waals surface area contributed by atoms with Crippen molar-refractivity contribution in [2.24, 2.45) is 0 Å². The Hall–Kier alpha value is -17.7. The molecule has 3 aliphatic carbocycles. The van der Waals surface area contributed by atoms with Crippen LogP contribution in [0.5, 0.6) is 0 Å². The first-order chi connectivity index (χ1) is 66.4. The van der Waals surface area contributed by atoms with Gasteiger partial charge in [0.2, 0.25) is 0 Å². The number of aromatic nitrogens is 8. The summed E-state index contributed by atoms with van der Waals surface area (Å²) in [6.45, 7) is 0. The first-order valence-electron chi connectivity index (χ1n) is 45.3. The van der Waals surface area contributed by atoms with E-state index in [1.54, 1.807) is 24.8 Å². The molecule has 0 unspecified atom stereocenters. The van der Waals surface area contributed by atoms with Gasteiger partial charge < -0.3 is 0 Å². The van der Waals surface area contributed by atoms with Crippen LogP contribution in [-0.2, 0) is 10.8 Å². The smallest absolute Gasteiger partial charge is 0.0725 e. The lowest BCUT2D eigenvalue weighted by atomic mass is 9.67. The molecule has 8 heterocycles. The van der Waals surface area contributed by atoms with Gasteiger partial charge in [0.15, 0.2) is 0 Å². The first-order valence-corrected chi connectivity index (χ1v) is 45.3. The molecule has 134 heavy (non-hydrogen) atoms. The molecule has 0 bridgehead atoms. The fourth-order valence-corrected chi connectivity index (χ4v) is 21.0. The largest absolute Gasteiger partial charge is 0.264 e. The lowest BCUT2D eigenvalue weighted by molar-refractivity contribution is 0.768. The Kier molecular flexibility index (Phi) is 20.2. The minimum atomic E-state index is -0.510. The molecule has 8 nitrogen and oxygen atoms in total. The van der Waals surface area contributed by atoms with Gasteiger partial charge in [-0.3, -0.25) is 39.9 Å². The lowest BCUT2D eigenvalue weighted by Crippen LogP contribution is -2.28. The Labute approximate surface area is 778 Å². The van der Waals surface area contributed by atoms with Gasteiger partial charge >= 0.3 is 0 Å². The summed E-state index contributed by atoms with van der Waals surface area (Å²) in [6.07, 6.45) is 30.1. The van der Waals surface area contributed by atoms with E-state index in [1.807, 2.05) is 98.6 Å². The number of pyridine rings is 8. The summed E-state index contributed by atoms with van der Waals surface area (Å²) in [5.74, 6) is 0. The van der Waals surface area contributed by atoms with Crippen LogP contribution in [0, 0.1) is 0 Å². The maximum atomic E-state index is 4.68. The van der Waals surface area contributed by atoms with Crippen LogP contribution in [0.3, 0.4) is 0 Å². The summed E-state index contributed by atoms with van der Waals surface area (Å²) in [6, 6.07) is 147. The number of fused-ring (bicyclic) bond motifs is 13. The van der Waals surface area contributed by atoms with Gasteiger partial charge in [-0.2, -0.15) is 0 Å². The molecule has 8 aromatic heterocycles. The molecule has 0 amide bonds. The van der Waals surface area contributed by atoms with Gasteiger partial charge in [0, 0.05) is 166 Å². The molecule has 8 heteroatoms. The molecule has 3 aliphatic rings. The van der Waals surface area contributed by atoms with E-state index in [4.69, 9.17) is 0 Å². The van der Waals surface area contributed by atoms with Gasteiger partial charge in [-0.15, -0.1) is 0 Å². The topological polar surface area (TPSA) is 103 Å². The highest BCUT2D eigenvalue weighted by Crippen LogP contribution is 2.65. The van der Waals surface area contributed by atoms with Crippen LogP contribution in [0.2, 0.25) is 0 Å². The van der Waals surface area contributed by atoms with Crippen molar-refractivity contribution in [1.29, 1.82) is 0 Å². The van der Waals surface area contributed by atoms with E-state index in [1.165, 1.54) is 89.0 Å². The van der Waals surface area contributed by atoms with Crippen molar-refractivity contribution in [2.75, 3.05) is 0 Å². The second-order valence-electron chi connectivity index (χ2n) is 34.6. The quantitative estimate of drug-likeness (QED) is 0.0943. The Morgan fingerprint density at radius 1 is 0.119 bits per heavy atom. The van der Waals surface area contributed by atoms with E-state index >= 15 is 0 Å². The molecule has 14 aromatic carbocycles. The standard InChI is InChI=1S/C63H40N4.C63H42N4/c1-4-22-58-55(18-1)56-19-2-5-23-59(56)63(58)60-24-6-3-20-57(60)62-54(21-9-25-61(62)63)49-31-47(41-12-7-14-43(28-41)50-33-52(39-66-37-50)45-16-10-26-64-35-45)30-48(32-49)42-13-8-15-44(29-42)51-34-53(40-67-38-51)46-17-11-27-65-36-46;1-3-20-56(21-4-1)63(57-22-5-2-6-23-57)60-26-8-7-24-59(60)62-58(25-11-27-61(62)63)51-33-49(43-14-9-16-45(30-43)52-35-54(41-66-39-52)47-18-12-28-64-37-47)32-50(34-51)44-15-10-17-46(31-44)53-36-55(42-67-40-53)48-19-13-29-65-38-48/h1-40H;1-42H. The second-order valence-corrected chi connectivity index (χ2v) is 34.6. The molecular formula is C126H82N8. The van der Waals surface area contributed by atoms with Gasteiger partial charge in [0.25, 0.3) is 0 Å². The van der Waals surface area contributed by atoms with Crippen molar-refractivity contribution >= 4 is 0 Å². The lowest BCUT2D eigenvalue weighted by Gasteiger charge is -2.34. The summed E-state index contributed by atoms with van der Waals surface area (Å²) in [4.78, 5) is 36.2. The minimum Gasteiger partial charge on any atom is -0.264 e. The van der Waals surface area contributed by atoms with Crippen molar-refractivity contribution in [1.82, 2.24) is 39.9 Å². The van der Waals surface area contributed by atoms with Gasteiger partial charge in [-0.05, 0) is 276 Å². The molecule has 0 fully saturated rings. The third-order valence-electron chi connectivity index (χ3n) is 27.0. The fraction of sp³-hybridized carbons (Fsp3) is 0.0159. The summed E-state index contributed by atoms with van der Waals surface area (Å²) in [7, 11) is 0. The molecule has 0 N–H and O–H groups in total. The molecule has 1 spiro atoms. The highest BCUT2D eigenvalue weighted by Gasteiger charge is 2.52. The Morgan fingerprint density at radius 2 is 0.321 bits per heavy atom. The maximum absolute atomic E-state index is 4.68. The van der Waals surface area contributed by atoms with Gasteiger partial charge in [-0.25, -0.2) is 0 Å². The molecule has 0 saturated heterocycles. The van der Waals surface area contributed by atoms with E-state index in [-0.39, 0.29) is 0 Å². The van der Waals surface area contributed by atoms with Crippen LogP contribution < -0.4 is 0 Å². The Balaban J connectivity index is 0.000000147. The van der Waals surface area contributed by atoms with Crippen LogP contribution in [0.15, 0.2) is 500 Å². The highest BCUT2D eigenvalue weighted by molar-refractivity contribution is 6.02. The van der Waals surface area contributed by atoms with Crippen LogP contribution >= 0.6 is 0 Å². The number of benzene rings is 14. The third-order valence-corrected chi connectivity index (χ3v) is 27.0. The minimum absolute atomic E-state index is 0.436. The van der Waals surface area contributed by atoms with Crippen LogP contribution in [0.4, 0.5) is 0 Å². The first kappa shape index (κ1) is 79.7. The zero-order valence-corrected chi connectivity index (χ0v) is 72.9. The van der Waals surface area contributed by atoms with E-state index in [2.05, 4.69) is 416 Å². The zero-order chi connectivity index (χ0) is 88.9. The predicted octanol–water partition coefficient (Wildman–Crippen LogP) is 30.6. The second kappa shape index (κ2) is 34.0. The Bertz CT molecular complexity index is 7480. The van der Waals surface area contributed by atoms with Crippen molar-refractivity contribution in [3.8, 4) is 189 Å². The molecule has 0 atom stereocenters. The van der Waals surface area contributed by atoms with Gasteiger partial charge in [-0.1, -0.05) is 291 Å². The number of nitrogens with zero attached hydrogens (tertiary/aromatic N) is 8. The van der Waals surface area contributed by atoms with E-state index in [0.717, 1.165) is 145 Å². The molecule has 0 radical (unpaired) electrons. The van der Waals surface area contributed by atoms with Crippen LogP contribution in [0.1, 0.15) is 44.5 Å². The molecule has 0 aliphatic heterocycles. The molecule has 0 saturated carbocycles. The SMILES string of the molecule is c1ccc(C2(c3ccccc3)c3ccccc3-c3c(-c4cc(-c5cccc(-c6cncc(-c7cccnc7)c6)c5)cc(-c5cccc(-c6cncc(-c7cccnc7)c6)c5)c4)cccc32)cc1.c1cncc(-c2cncc(-c3cccc(-c4cc(-c5cccc(-c6cncc(-c7cccnc7)c6)c5)cc(-c5cccc6c5-c5ccccc5C65c6ccccc6-c6ccccc65)c4)c3)c2)c1. The monoisotopic (exact) mass is 1710 g/mol. The van der Waals surface area contributed by atoms with Crippen molar-refractivity contribution in [3.05, 3.63) is 544 Å². The maximum Gasteiger partial charge on any atom is 0.0725 e. The van der Waals surface area contributed by atoms with Crippen molar-refractivity contribution in [3.63, 3.8) is 0 Å². The van der Waals surface area contributed by atoms with E-state index in [9.17, 15) is 0 Å². The molecular weight excluding hydrogens is 1630 g/mol. The molecule has 626 valence electrons. The summed E-state index contributed by atoms with van der Waals surface area (Å²) in [5.41, 5.74) is 47.7. The van der Waals surface area contributed by atoms with Gasteiger partial charge in [0.1, 0.15) is 0 Å². The Morgan fingerprint density at radius 3 is 0.627 bits per heavy atom.